The molecular weight excluding hydrogens is 888 g/mol. The van der Waals surface area contributed by atoms with Crippen molar-refractivity contribution in [3.63, 3.8) is 0 Å². The van der Waals surface area contributed by atoms with E-state index in [2.05, 4.69) is 26.6 Å². The van der Waals surface area contributed by atoms with Crippen molar-refractivity contribution < 1.29 is 87.0 Å². The highest BCUT2D eigenvalue weighted by atomic mass is 16.7. The van der Waals surface area contributed by atoms with Crippen LogP contribution in [0.5, 0.6) is 0 Å². The summed E-state index contributed by atoms with van der Waals surface area (Å²) in [5.41, 5.74) is 1.17. The Labute approximate surface area is 392 Å². The minimum Gasteiger partial charge on any atom is -0.444 e. The molecule has 388 valence electrons. The van der Waals surface area contributed by atoms with Gasteiger partial charge in [0, 0.05) is 19.5 Å². The summed E-state index contributed by atoms with van der Waals surface area (Å²) in [5, 5.41) is 59.6. The highest BCUT2D eigenvalue weighted by molar-refractivity contribution is 5.70. The van der Waals surface area contributed by atoms with Gasteiger partial charge in [0.15, 0.2) is 12.6 Å². The van der Waals surface area contributed by atoms with E-state index in [-0.39, 0.29) is 25.9 Å². The number of carbonyl (C=O) groups is 5. The summed E-state index contributed by atoms with van der Waals surface area (Å²) in [7, 11) is 0. The van der Waals surface area contributed by atoms with Gasteiger partial charge in [-0.2, -0.15) is 0 Å². The van der Waals surface area contributed by atoms with Gasteiger partial charge in [-0.05, 0) is 110 Å². The molecule has 67 heavy (non-hydrogen) atoms. The molecule has 2 heterocycles. The van der Waals surface area contributed by atoms with Gasteiger partial charge in [-0.25, -0.2) is 24.0 Å². The Kier molecular flexibility index (Phi) is 19.3. The van der Waals surface area contributed by atoms with Gasteiger partial charge in [-0.3, -0.25) is 0 Å². The second-order valence-corrected chi connectivity index (χ2v) is 21.8. The van der Waals surface area contributed by atoms with Crippen LogP contribution >= 0.6 is 0 Å². The van der Waals surface area contributed by atoms with Crippen LogP contribution in [0.25, 0.3) is 0 Å². The predicted octanol–water partition coefficient (Wildman–Crippen LogP) is 1.50. The van der Waals surface area contributed by atoms with Crippen LogP contribution in [0, 0.1) is 0 Å². The van der Waals surface area contributed by atoms with Gasteiger partial charge in [-0.15, -0.1) is 0 Å². The lowest BCUT2D eigenvalue weighted by Gasteiger charge is -2.49. The number of carbonyl (C=O) groups excluding carboxylic acids is 5. The molecule has 3 rings (SSSR count). The van der Waals surface area contributed by atoms with Crippen LogP contribution in [0.15, 0.2) is 0 Å². The van der Waals surface area contributed by atoms with Gasteiger partial charge in [0.05, 0.1) is 30.3 Å². The van der Waals surface area contributed by atoms with Gasteiger partial charge < -0.3 is 95.4 Å². The number of hydrogen-bond donors (Lipinski definition) is 10. The maximum atomic E-state index is 13.5. The average Bonchev–Trinajstić information content (AvgIpc) is 3.10. The Hall–Kier alpha value is -4.01. The van der Waals surface area contributed by atoms with Crippen LogP contribution in [0.2, 0.25) is 0 Å². The lowest BCUT2D eigenvalue weighted by Crippen LogP contribution is -2.70. The zero-order valence-electron chi connectivity index (χ0n) is 41.5. The molecule has 0 bridgehead atoms. The molecule has 14 unspecified atom stereocenters. The molecule has 2 aliphatic heterocycles. The average molecular weight is 967 g/mol. The van der Waals surface area contributed by atoms with Crippen LogP contribution in [-0.4, -0.2) is 178 Å². The first-order chi connectivity index (χ1) is 30.4. The SMILES string of the molecule is CC(C)(C)OC(=O)NCC1OC(OC2C(NC(=O)OC(C)(C)C)CC(NC(=O)OC(C)(C)C)C(OC3OC(CN)C(O)C(NC(=O)OC(C)(C)C)C3O)C2O)C(NC(=O)OC(C)(C)C)CC1O. The minimum absolute atomic E-state index is 0.239. The molecule has 24 heteroatoms. The number of amides is 5. The Balaban J connectivity index is 2.14. The summed E-state index contributed by atoms with van der Waals surface area (Å²) in [4.78, 5) is 65.7. The molecule has 0 aromatic rings. The third-order valence-electron chi connectivity index (χ3n) is 9.69. The zero-order valence-corrected chi connectivity index (χ0v) is 41.5. The van der Waals surface area contributed by atoms with E-state index in [0.717, 1.165) is 0 Å². The van der Waals surface area contributed by atoms with E-state index in [1.54, 1.807) is 104 Å². The van der Waals surface area contributed by atoms with E-state index in [0.29, 0.717) is 0 Å². The van der Waals surface area contributed by atoms with Gasteiger partial charge in [0.1, 0.15) is 70.7 Å². The van der Waals surface area contributed by atoms with Crippen molar-refractivity contribution in [2.75, 3.05) is 13.1 Å². The Bertz CT molecular complexity index is 1670. The molecule has 5 amide bonds. The number of rotatable bonds is 11. The van der Waals surface area contributed by atoms with Crippen molar-refractivity contribution in [3.8, 4) is 0 Å². The van der Waals surface area contributed by atoms with Gasteiger partial charge >= 0.3 is 30.5 Å². The molecule has 0 radical (unpaired) electrons. The fraction of sp³-hybridized carbons (Fsp3) is 0.884. The summed E-state index contributed by atoms with van der Waals surface area (Å²) >= 11 is 0. The third-order valence-corrected chi connectivity index (χ3v) is 9.69. The number of aliphatic hydroxyl groups excluding tert-OH is 4. The molecule has 0 spiro atoms. The van der Waals surface area contributed by atoms with Crippen LogP contribution in [0.1, 0.15) is 117 Å². The predicted molar refractivity (Wildman–Crippen MR) is 236 cm³/mol. The molecule has 2 saturated heterocycles. The van der Waals surface area contributed by atoms with E-state index in [1.807, 2.05) is 0 Å². The second kappa shape index (κ2) is 22.6. The molecule has 24 nitrogen and oxygen atoms in total. The Morgan fingerprint density at radius 2 is 0.866 bits per heavy atom. The number of hydrogen-bond acceptors (Lipinski definition) is 19. The van der Waals surface area contributed by atoms with Crippen LogP contribution in [-0.2, 0) is 42.6 Å². The molecule has 1 aliphatic carbocycles. The largest absolute Gasteiger partial charge is 0.444 e. The van der Waals surface area contributed by atoms with E-state index >= 15 is 0 Å². The molecule has 3 aliphatic rings. The van der Waals surface area contributed by atoms with Crippen molar-refractivity contribution in [1.29, 1.82) is 0 Å². The maximum Gasteiger partial charge on any atom is 0.408 e. The molecule has 14 atom stereocenters. The van der Waals surface area contributed by atoms with Crippen LogP contribution in [0.4, 0.5) is 24.0 Å². The lowest BCUT2D eigenvalue weighted by atomic mass is 9.83. The summed E-state index contributed by atoms with van der Waals surface area (Å²) in [6.45, 7) is 23.8. The first-order valence-electron chi connectivity index (χ1n) is 22.4. The van der Waals surface area contributed by atoms with Crippen molar-refractivity contribution in [3.05, 3.63) is 0 Å². The molecule has 0 aromatic carbocycles. The second-order valence-electron chi connectivity index (χ2n) is 21.8. The minimum atomic E-state index is -1.93. The topological polar surface area (TPSA) is 336 Å². The Morgan fingerprint density at radius 1 is 0.493 bits per heavy atom. The van der Waals surface area contributed by atoms with E-state index < -0.39 is 144 Å². The third kappa shape index (κ3) is 19.1. The van der Waals surface area contributed by atoms with Gasteiger partial charge in [0.25, 0.3) is 0 Å². The van der Waals surface area contributed by atoms with Crippen LogP contribution in [0.3, 0.4) is 0 Å². The van der Waals surface area contributed by atoms with E-state index in [1.165, 1.54) is 0 Å². The fourth-order valence-electron chi connectivity index (χ4n) is 7.20. The lowest BCUT2D eigenvalue weighted by molar-refractivity contribution is -0.314. The van der Waals surface area contributed by atoms with E-state index in [9.17, 15) is 44.4 Å². The summed E-state index contributed by atoms with van der Waals surface area (Å²) < 4.78 is 52.2. The molecule has 0 aromatic heterocycles. The van der Waals surface area contributed by atoms with Crippen molar-refractivity contribution in [1.82, 2.24) is 26.6 Å². The smallest absolute Gasteiger partial charge is 0.408 e. The molecule has 11 N–H and O–H groups in total. The van der Waals surface area contributed by atoms with E-state index in [4.69, 9.17) is 48.4 Å². The highest BCUT2D eigenvalue weighted by Gasteiger charge is 2.54. The maximum absolute atomic E-state index is 13.5. The zero-order chi connectivity index (χ0) is 51.2. The highest BCUT2D eigenvalue weighted by Crippen LogP contribution is 2.34. The van der Waals surface area contributed by atoms with Crippen molar-refractivity contribution in [2.24, 2.45) is 5.73 Å². The van der Waals surface area contributed by atoms with Crippen molar-refractivity contribution >= 4 is 30.5 Å². The number of ether oxygens (including phenoxy) is 9. The van der Waals surface area contributed by atoms with Crippen LogP contribution < -0.4 is 32.3 Å². The normalized spacial score (nSPS) is 31.9. The summed E-state index contributed by atoms with van der Waals surface area (Å²) in [6.07, 6.45) is -20.9. The fourth-order valence-corrected chi connectivity index (χ4v) is 7.20. The number of aliphatic hydroxyl groups is 4. The number of alkyl carbamates (subject to hydrolysis) is 5. The molecular formula is C43H78N6O18. The quantitative estimate of drug-likeness (QED) is 0.131. The number of nitrogens with two attached hydrogens (primary N) is 1. The van der Waals surface area contributed by atoms with Crippen molar-refractivity contribution in [2.45, 2.75) is 230 Å². The van der Waals surface area contributed by atoms with Gasteiger partial charge in [-0.1, -0.05) is 0 Å². The molecule has 1 saturated carbocycles. The first kappa shape index (κ1) is 57.3. The summed E-state index contributed by atoms with van der Waals surface area (Å²) in [5.74, 6) is 0. The first-order valence-corrected chi connectivity index (χ1v) is 22.4. The molecule has 3 fully saturated rings. The Morgan fingerprint density at radius 3 is 1.28 bits per heavy atom. The standard InChI is InChI=1S/C43H78N6O18/c1-39(2,3)63-34(54)45-19-25-23(50)17-22(48-37(57)66-42(10,11)12)32(60-25)61-30-20(46-35(55)64-40(4,5)6)16-21(47-36(56)65-41(7,8)9)31(29(30)53)62-33-28(52)26(27(51)24(18-44)59-33)49-38(58)67-43(13,14)15/h20-33,50-53H,16-19,44H2,1-15H3,(H,45,54)(H,46,55)(H,47,56)(H,48,57)(H,49,58). The monoisotopic (exact) mass is 967 g/mol. The number of nitrogens with one attached hydrogen (secondary N) is 5. The summed E-state index contributed by atoms with van der Waals surface area (Å²) in [6, 6.07) is -5.28. The van der Waals surface area contributed by atoms with Gasteiger partial charge in [0.2, 0.25) is 0 Å².